The van der Waals surface area contributed by atoms with E-state index in [0.29, 0.717) is 66.3 Å². The van der Waals surface area contributed by atoms with Crippen LogP contribution in [0.2, 0.25) is 0 Å². The molecular formula is C30H38BrN7O5S. The van der Waals surface area contributed by atoms with Crippen molar-refractivity contribution >= 4 is 50.9 Å². The van der Waals surface area contributed by atoms with Gasteiger partial charge in [0.2, 0.25) is 12.7 Å². The Kier molecular flexibility index (Phi) is 8.82. The minimum atomic E-state index is -0.596. The van der Waals surface area contributed by atoms with Crippen molar-refractivity contribution in [1.82, 2.24) is 29.3 Å². The van der Waals surface area contributed by atoms with Crippen molar-refractivity contribution in [3.8, 4) is 11.5 Å². The molecule has 0 spiro atoms. The van der Waals surface area contributed by atoms with Gasteiger partial charge in [-0.2, -0.15) is 0 Å². The molecule has 3 aromatic rings. The van der Waals surface area contributed by atoms with Crippen LogP contribution in [-0.4, -0.2) is 79.4 Å². The van der Waals surface area contributed by atoms with Crippen molar-refractivity contribution in [3.05, 3.63) is 28.4 Å². The predicted molar refractivity (Wildman–Crippen MR) is 167 cm³/mol. The molecule has 0 saturated carbocycles. The summed E-state index contributed by atoms with van der Waals surface area (Å²) in [4.78, 5) is 43.2. The number of aromatic amines is 1. The van der Waals surface area contributed by atoms with Gasteiger partial charge < -0.3 is 28.7 Å². The summed E-state index contributed by atoms with van der Waals surface area (Å²) in [7, 11) is 0. The quantitative estimate of drug-likeness (QED) is 0.356. The molecule has 44 heavy (non-hydrogen) atoms. The summed E-state index contributed by atoms with van der Waals surface area (Å²) in [6.07, 6.45) is 6.50. The molecule has 1 unspecified atom stereocenters. The van der Waals surface area contributed by atoms with Gasteiger partial charge in [-0.25, -0.2) is 14.8 Å². The number of benzene rings is 1. The van der Waals surface area contributed by atoms with Gasteiger partial charge in [0, 0.05) is 35.5 Å². The van der Waals surface area contributed by atoms with Crippen LogP contribution in [0.4, 0.5) is 4.79 Å². The van der Waals surface area contributed by atoms with Crippen molar-refractivity contribution in [2.45, 2.75) is 87.5 Å². The van der Waals surface area contributed by atoms with Gasteiger partial charge in [0.25, 0.3) is 0 Å². The highest BCUT2D eigenvalue weighted by molar-refractivity contribution is 9.10. The Morgan fingerprint density at radius 1 is 1.14 bits per heavy atom. The van der Waals surface area contributed by atoms with Crippen LogP contribution in [0.5, 0.6) is 11.5 Å². The van der Waals surface area contributed by atoms with E-state index in [0.717, 1.165) is 41.5 Å². The van der Waals surface area contributed by atoms with Gasteiger partial charge in [0.05, 0.1) is 6.33 Å². The molecule has 12 nitrogen and oxygen atoms in total. The first kappa shape index (κ1) is 30.8. The van der Waals surface area contributed by atoms with Crippen molar-refractivity contribution in [1.29, 1.82) is 5.41 Å². The number of H-pyrrole nitrogens is 1. The van der Waals surface area contributed by atoms with Gasteiger partial charge in [0.1, 0.15) is 17.2 Å². The molecule has 1 aromatic carbocycles. The molecule has 6 rings (SSSR count). The summed E-state index contributed by atoms with van der Waals surface area (Å²) >= 11 is 5.05. The van der Waals surface area contributed by atoms with Crippen molar-refractivity contribution in [2.75, 3.05) is 26.4 Å². The zero-order valence-electron chi connectivity index (χ0n) is 25.2. The molecule has 236 valence electrons. The van der Waals surface area contributed by atoms with Crippen LogP contribution in [-0.2, 0) is 16.1 Å². The van der Waals surface area contributed by atoms with Crippen LogP contribution in [0, 0.1) is 11.3 Å². The summed E-state index contributed by atoms with van der Waals surface area (Å²) in [6.45, 7) is 8.38. The van der Waals surface area contributed by atoms with E-state index in [-0.39, 0.29) is 18.2 Å². The molecule has 0 bridgehead atoms. The number of carbonyl (C=O) groups excluding carboxylic acids is 2. The fourth-order valence-corrected chi connectivity index (χ4v) is 7.34. The number of rotatable bonds is 6. The van der Waals surface area contributed by atoms with Crippen molar-refractivity contribution < 1.29 is 23.8 Å². The fraction of sp³-hybridized carbons (Fsp3) is 0.567. The number of nitrogens with zero attached hydrogens (tertiary/aromatic N) is 5. The van der Waals surface area contributed by atoms with E-state index >= 15 is 0 Å². The highest BCUT2D eigenvalue weighted by Crippen LogP contribution is 2.42. The summed E-state index contributed by atoms with van der Waals surface area (Å²) in [5.41, 5.74) is 0.836. The largest absolute Gasteiger partial charge is 0.454 e. The van der Waals surface area contributed by atoms with Crippen LogP contribution in [0.15, 0.2) is 33.0 Å². The number of ether oxygens (including phenoxy) is 3. The molecule has 3 aliphatic rings. The normalized spacial score (nSPS) is 19.0. The smallest absolute Gasteiger partial charge is 0.410 e. The van der Waals surface area contributed by atoms with E-state index in [1.807, 2.05) is 42.4 Å². The van der Waals surface area contributed by atoms with Crippen LogP contribution >= 0.6 is 27.7 Å². The Balaban J connectivity index is 1.07. The topological polar surface area (TPSA) is 139 Å². The van der Waals surface area contributed by atoms with E-state index in [9.17, 15) is 9.59 Å². The molecule has 0 aliphatic carbocycles. The number of amides is 2. The Bertz CT molecular complexity index is 1610. The molecule has 2 fully saturated rings. The zero-order valence-corrected chi connectivity index (χ0v) is 27.6. The third-order valence-electron chi connectivity index (χ3n) is 8.25. The zero-order chi connectivity index (χ0) is 31.0. The lowest BCUT2D eigenvalue weighted by molar-refractivity contribution is -0.139. The number of fused-ring (bicyclic) bond motifs is 2. The number of likely N-dealkylation sites (tertiary alicyclic amines) is 2. The predicted octanol–water partition coefficient (Wildman–Crippen LogP) is 5.30. The molecule has 0 radical (unpaired) electrons. The molecule has 2 N–H and O–H groups in total. The molecule has 2 amide bonds. The minimum Gasteiger partial charge on any atom is -0.454 e. The monoisotopic (exact) mass is 687 g/mol. The Morgan fingerprint density at radius 3 is 2.64 bits per heavy atom. The second kappa shape index (κ2) is 12.6. The third-order valence-corrected chi connectivity index (χ3v) is 10.1. The summed E-state index contributed by atoms with van der Waals surface area (Å²) in [6, 6.07) is 3.35. The van der Waals surface area contributed by atoms with Gasteiger partial charge in [-0.15, -0.1) is 0 Å². The van der Waals surface area contributed by atoms with Gasteiger partial charge in [0.15, 0.2) is 27.8 Å². The number of aryl methyl sites for hydroxylation is 1. The highest BCUT2D eigenvalue weighted by Gasteiger charge is 2.38. The number of nitrogens with one attached hydrogen (secondary N) is 2. The van der Waals surface area contributed by atoms with Crippen LogP contribution in [0.1, 0.15) is 59.3 Å². The average molecular weight is 689 g/mol. The summed E-state index contributed by atoms with van der Waals surface area (Å²) < 4.78 is 19.5. The maximum atomic E-state index is 13.5. The number of hydrogen-bond acceptors (Lipinski definition) is 9. The van der Waals surface area contributed by atoms with Gasteiger partial charge in [-0.05, 0) is 93.3 Å². The van der Waals surface area contributed by atoms with Crippen molar-refractivity contribution in [3.63, 3.8) is 0 Å². The van der Waals surface area contributed by atoms with Crippen LogP contribution in [0.3, 0.4) is 0 Å². The van der Waals surface area contributed by atoms with E-state index in [1.165, 1.54) is 11.8 Å². The Hall–Kier alpha value is -3.26. The molecule has 2 saturated heterocycles. The standard InChI is InChI=1S/C30H38BrN7O5S/c1-30(2,3)43-29(40)38-10-5-4-6-20(38)27(39)36-11-7-18(8-12-36)9-13-37-16-33-25(32)24-26(37)35-28(34-24)44-23-15-22-21(14-19(23)31)41-17-42-22/h14-16,18,20,32H,4-13,17H2,1-3H3,(H,34,35). The third kappa shape index (κ3) is 6.70. The summed E-state index contributed by atoms with van der Waals surface area (Å²) in [5, 5.41) is 8.99. The number of carbonyl (C=O) groups is 2. The number of imidazole rings is 1. The summed E-state index contributed by atoms with van der Waals surface area (Å²) in [5.74, 6) is 1.88. The fourth-order valence-electron chi connectivity index (χ4n) is 5.96. The van der Waals surface area contributed by atoms with E-state index in [4.69, 9.17) is 24.6 Å². The molecule has 14 heteroatoms. The lowest BCUT2D eigenvalue weighted by atomic mass is 9.92. The van der Waals surface area contributed by atoms with Gasteiger partial charge >= 0.3 is 6.09 Å². The first-order valence-electron chi connectivity index (χ1n) is 15.1. The SMILES string of the molecule is CC(C)(C)OC(=O)N1CCCCC1C(=O)N1CCC(CCn2cnc(=N)c3[nH]c(Sc4cc5c(cc4Br)OCO5)nc32)CC1. The van der Waals surface area contributed by atoms with Gasteiger partial charge in [-0.3, -0.25) is 15.1 Å². The molecule has 1 atom stereocenters. The average Bonchev–Trinajstić information content (AvgIpc) is 3.63. The highest BCUT2D eigenvalue weighted by atomic mass is 79.9. The van der Waals surface area contributed by atoms with Crippen LogP contribution in [0.25, 0.3) is 11.2 Å². The number of halogens is 1. The molecule has 5 heterocycles. The lowest BCUT2D eigenvalue weighted by Gasteiger charge is -2.40. The van der Waals surface area contributed by atoms with Crippen LogP contribution < -0.4 is 15.0 Å². The minimum absolute atomic E-state index is 0.0379. The molecular weight excluding hydrogens is 650 g/mol. The van der Waals surface area contributed by atoms with E-state index < -0.39 is 17.7 Å². The van der Waals surface area contributed by atoms with E-state index in [1.54, 1.807) is 11.2 Å². The number of piperidine rings is 2. The Morgan fingerprint density at radius 2 is 1.89 bits per heavy atom. The Labute approximate surface area is 268 Å². The number of aromatic nitrogens is 4. The van der Waals surface area contributed by atoms with Crippen molar-refractivity contribution in [2.24, 2.45) is 5.92 Å². The maximum Gasteiger partial charge on any atom is 0.410 e. The first-order chi connectivity index (χ1) is 21.1. The first-order valence-corrected chi connectivity index (χ1v) is 16.7. The molecule has 2 aromatic heterocycles. The second-order valence-corrected chi connectivity index (χ2v) is 14.4. The van der Waals surface area contributed by atoms with E-state index in [2.05, 4.69) is 25.9 Å². The second-order valence-electron chi connectivity index (χ2n) is 12.5. The molecule has 3 aliphatic heterocycles. The maximum absolute atomic E-state index is 13.5. The lowest BCUT2D eigenvalue weighted by Crippen LogP contribution is -2.55. The number of hydrogen-bond donors (Lipinski definition) is 2. The van der Waals surface area contributed by atoms with Gasteiger partial charge in [-0.1, -0.05) is 11.8 Å².